The van der Waals surface area contributed by atoms with Gasteiger partial charge < -0.3 is 4.90 Å². The standard InChI is InChI=1S/C14H10Cl2N2/c15-11-6-7-17-13(9-11)18-8-2-4-10-3-1-5-12(16)14(10)18/h1-7,9H,8H2. The van der Waals surface area contributed by atoms with Crippen LogP contribution >= 0.6 is 23.2 Å². The summed E-state index contributed by atoms with van der Waals surface area (Å²) in [5.74, 6) is 0.807. The smallest absolute Gasteiger partial charge is 0.134 e. The van der Waals surface area contributed by atoms with Crippen LogP contribution in [0.3, 0.4) is 0 Å². The highest BCUT2D eigenvalue weighted by Gasteiger charge is 2.18. The average Bonchev–Trinajstić information content (AvgIpc) is 2.38. The Labute approximate surface area is 115 Å². The van der Waals surface area contributed by atoms with Gasteiger partial charge in [-0.05, 0) is 23.8 Å². The monoisotopic (exact) mass is 276 g/mol. The summed E-state index contributed by atoms with van der Waals surface area (Å²) >= 11 is 12.3. The van der Waals surface area contributed by atoms with Gasteiger partial charge >= 0.3 is 0 Å². The quantitative estimate of drug-likeness (QED) is 0.760. The van der Waals surface area contributed by atoms with Gasteiger partial charge in [0, 0.05) is 17.8 Å². The van der Waals surface area contributed by atoms with E-state index in [0.717, 1.165) is 28.6 Å². The second-order valence-electron chi connectivity index (χ2n) is 4.02. The number of fused-ring (bicyclic) bond motifs is 1. The summed E-state index contributed by atoms with van der Waals surface area (Å²) in [6.45, 7) is 0.740. The minimum absolute atomic E-state index is 0.670. The lowest BCUT2D eigenvalue weighted by Gasteiger charge is -2.28. The van der Waals surface area contributed by atoms with Gasteiger partial charge in [0.05, 0.1) is 10.7 Å². The summed E-state index contributed by atoms with van der Waals surface area (Å²) < 4.78 is 0. The van der Waals surface area contributed by atoms with Crippen molar-refractivity contribution in [1.29, 1.82) is 0 Å². The highest BCUT2D eigenvalue weighted by molar-refractivity contribution is 6.34. The molecule has 0 bridgehead atoms. The van der Waals surface area contributed by atoms with Crippen molar-refractivity contribution in [3.63, 3.8) is 0 Å². The van der Waals surface area contributed by atoms with Crippen LogP contribution in [0.4, 0.5) is 11.5 Å². The number of rotatable bonds is 1. The second kappa shape index (κ2) is 4.63. The number of nitrogens with zero attached hydrogens (tertiary/aromatic N) is 2. The van der Waals surface area contributed by atoms with Crippen LogP contribution in [0.2, 0.25) is 10.0 Å². The van der Waals surface area contributed by atoms with E-state index in [1.807, 2.05) is 24.3 Å². The number of benzene rings is 1. The zero-order valence-electron chi connectivity index (χ0n) is 9.48. The van der Waals surface area contributed by atoms with Crippen LogP contribution in [0.1, 0.15) is 5.56 Å². The minimum Gasteiger partial charge on any atom is -0.321 e. The molecule has 2 aromatic rings. The van der Waals surface area contributed by atoms with Crippen molar-refractivity contribution in [2.75, 3.05) is 11.4 Å². The fraction of sp³-hybridized carbons (Fsp3) is 0.0714. The van der Waals surface area contributed by atoms with Gasteiger partial charge in [-0.15, -0.1) is 0 Å². The first-order valence-electron chi connectivity index (χ1n) is 5.60. The molecule has 0 spiro atoms. The molecule has 0 saturated carbocycles. The Morgan fingerprint density at radius 1 is 1.17 bits per heavy atom. The number of para-hydroxylation sites is 1. The van der Waals surface area contributed by atoms with Crippen molar-refractivity contribution < 1.29 is 0 Å². The maximum atomic E-state index is 6.29. The van der Waals surface area contributed by atoms with Crippen molar-refractivity contribution in [1.82, 2.24) is 4.98 Å². The Balaban J connectivity index is 2.14. The predicted octanol–water partition coefficient (Wildman–Crippen LogP) is 4.55. The Morgan fingerprint density at radius 2 is 2.06 bits per heavy atom. The topological polar surface area (TPSA) is 16.1 Å². The molecule has 0 N–H and O–H groups in total. The van der Waals surface area contributed by atoms with Crippen LogP contribution in [0.15, 0.2) is 42.6 Å². The van der Waals surface area contributed by atoms with Crippen LogP contribution in [0.25, 0.3) is 6.08 Å². The molecule has 0 radical (unpaired) electrons. The van der Waals surface area contributed by atoms with Crippen molar-refractivity contribution in [2.24, 2.45) is 0 Å². The first-order chi connectivity index (χ1) is 8.75. The van der Waals surface area contributed by atoms with Gasteiger partial charge in [-0.1, -0.05) is 47.5 Å². The van der Waals surface area contributed by atoms with Crippen molar-refractivity contribution in [2.45, 2.75) is 0 Å². The zero-order valence-corrected chi connectivity index (χ0v) is 11.0. The van der Waals surface area contributed by atoms with Crippen molar-refractivity contribution in [3.05, 3.63) is 58.2 Å². The van der Waals surface area contributed by atoms with Crippen molar-refractivity contribution in [3.8, 4) is 0 Å². The molecule has 1 aromatic heterocycles. The SMILES string of the molecule is Clc1ccnc(N2CC=Cc3cccc(Cl)c32)c1. The second-order valence-corrected chi connectivity index (χ2v) is 4.87. The highest BCUT2D eigenvalue weighted by atomic mass is 35.5. The lowest BCUT2D eigenvalue weighted by Crippen LogP contribution is -2.21. The number of hydrogen-bond acceptors (Lipinski definition) is 2. The molecule has 1 aromatic carbocycles. The molecule has 1 aliphatic rings. The molecule has 3 rings (SSSR count). The Hall–Kier alpha value is -1.51. The third kappa shape index (κ3) is 1.98. The maximum absolute atomic E-state index is 6.29. The van der Waals surface area contributed by atoms with Crippen LogP contribution in [0, 0.1) is 0 Å². The van der Waals surface area contributed by atoms with Crippen LogP contribution in [-0.4, -0.2) is 11.5 Å². The van der Waals surface area contributed by atoms with E-state index in [1.54, 1.807) is 12.3 Å². The van der Waals surface area contributed by atoms with Crippen LogP contribution in [0.5, 0.6) is 0 Å². The normalized spacial score (nSPS) is 13.6. The number of halogens is 2. The first kappa shape index (κ1) is 11.6. The lowest BCUT2D eigenvalue weighted by molar-refractivity contribution is 1.04. The van der Waals surface area contributed by atoms with E-state index in [9.17, 15) is 0 Å². The summed E-state index contributed by atoms with van der Waals surface area (Å²) in [4.78, 5) is 6.41. The summed E-state index contributed by atoms with van der Waals surface area (Å²) in [5.41, 5.74) is 2.08. The molecule has 0 atom stereocenters. The van der Waals surface area contributed by atoms with E-state index in [1.165, 1.54) is 0 Å². The van der Waals surface area contributed by atoms with E-state index in [2.05, 4.69) is 22.0 Å². The zero-order chi connectivity index (χ0) is 12.5. The average molecular weight is 277 g/mol. The van der Waals surface area contributed by atoms with Gasteiger partial charge in [0.2, 0.25) is 0 Å². The largest absolute Gasteiger partial charge is 0.321 e. The van der Waals surface area contributed by atoms with Crippen molar-refractivity contribution >= 4 is 40.8 Å². The molecule has 0 fully saturated rings. The molecule has 1 aliphatic heterocycles. The lowest BCUT2D eigenvalue weighted by atomic mass is 10.1. The molecule has 2 nitrogen and oxygen atoms in total. The van der Waals surface area contributed by atoms with Gasteiger partial charge in [0.15, 0.2) is 0 Å². The first-order valence-corrected chi connectivity index (χ1v) is 6.35. The van der Waals surface area contributed by atoms with Gasteiger partial charge in [-0.2, -0.15) is 0 Å². The Morgan fingerprint density at radius 3 is 2.89 bits per heavy atom. The Bertz CT molecular complexity index is 623. The number of hydrogen-bond donors (Lipinski definition) is 0. The van der Waals surface area contributed by atoms with Gasteiger partial charge in [-0.3, -0.25) is 0 Å². The number of pyridine rings is 1. The summed E-state index contributed by atoms with van der Waals surface area (Å²) in [5, 5.41) is 1.39. The summed E-state index contributed by atoms with van der Waals surface area (Å²) in [7, 11) is 0. The minimum atomic E-state index is 0.670. The molecule has 0 amide bonds. The summed E-state index contributed by atoms with van der Waals surface area (Å²) in [6.07, 6.45) is 5.86. The van der Waals surface area contributed by atoms with E-state index < -0.39 is 0 Å². The van der Waals surface area contributed by atoms with Crippen LogP contribution in [-0.2, 0) is 0 Å². The molecule has 0 unspecified atom stereocenters. The molecule has 18 heavy (non-hydrogen) atoms. The maximum Gasteiger partial charge on any atom is 0.134 e. The Kier molecular flexibility index (Phi) is 2.98. The molecule has 4 heteroatoms. The third-order valence-electron chi connectivity index (χ3n) is 2.86. The van der Waals surface area contributed by atoms with Gasteiger partial charge in [0.25, 0.3) is 0 Å². The number of aromatic nitrogens is 1. The van der Waals surface area contributed by atoms with E-state index in [4.69, 9.17) is 23.2 Å². The van der Waals surface area contributed by atoms with E-state index in [0.29, 0.717) is 5.02 Å². The molecule has 90 valence electrons. The third-order valence-corrected chi connectivity index (χ3v) is 3.40. The summed E-state index contributed by atoms with van der Waals surface area (Å²) in [6, 6.07) is 9.47. The van der Waals surface area contributed by atoms with Crippen LogP contribution < -0.4 is 4.90 Å². The van der Waals surface area contributed by atoms with Gasteiger partial charge in [-0.25, -0.2) is 4.98 Å². The highest BCUT2D eigenvalue weighted by Crippen LogP contribution is 2.37. The molecule has 2 heterocycles. The molecule has 0 saturated heterocycles. The fourth-order valence-corrected chi connectivity index (χ4v) is 2.51. The molecular weight excluding hydrogens is 267 g/mol. The number of anilines is 2. The van der Waals surface area contributed by atoms with E-state index >= 15 is 0 Å². The van der Waals surface area contributed by atoms with Gasteiger partial charge in [0.1, 0.15) is 5.82 Å². The predicted molar refractivity (Wildman–Crippen MR) is 76.7 cm³/mol. The van der Waals surface area contributed by atoms with E-state index in [-0.39, 0.29) is 0 Å². The molecular formula is C14H10Cl2N2. The fourth-order valence-electron chi connectivity index (χ4n) is 2.08. The molecule has 0 aliphatic carbocycles.